The molecule has 35 heavy (non-hydrogen) atoms. The molecule has 0 saturated heterocycles. The van der Waals surface area contributed by atoms with Crippen LogP contribution in [0.25, 0.3) is 33.4 Å². The number of halogens is 1. The fourth-order valence-electron chi connectivity index (χ4n) is 4.09. The third-order valence-electron chi connectivity index (χ3n) is 5.65. The number of carbonyl (C=O) groups excluding carboxylic acids is 1. The van der Waals surface area contributed by atoms with Crippen LogP contribution in [0, 0.1) is 11.7 Å². The van der Waals surface area contributed by atoms with Crippen LogP contribution in [0.3, 0.4) is 0 Å². The second-order valence-electron chi connectivity index (χ2n) is 8.81. The molecule has 0 aliphatic rings. The predicted octanol–water partition coefficient (Wildman–Crippen LogP) is 5.69. The molecule has 1 heterocycles. The number of carbonyl (C=O) groups is 1. The predicted molar refractivity (Wildman–Crippen MR) is 137 cm³/mol. The lowest BCUT2D eigenvalue weighted by molar-refractivity contribution is 0.0964. The monoisotopic (exact) mass is 494 g/mol. The van der Waals surface area contributed by atoms with Gasteiger partial charge in [-0.1, -0.05) is 44.2 Å². The van der Waals surface area contributed by atoms with Crippen molar-refractivity contribution in [2.24, 2.45) is 5.92 Å². The molecule has 0 spiro atoms. The van der Waals surface area contributed by atoms with E-state index in [-0.39, 0.29) is 24.1 Å². The molecule has 1 N–H and O–H groups in total. The quantitative estimate of drug-likeness (QED) is 0.358. The van der Waals surface area contributed by atoms with Gasteiger partial charge in [-0.25, -0.2) is 12.8 Å². The van der Waals surface area contributed by atoms with E-state index in [9.17, 15) is 17.6 Å². The number of furan rings is 1. The van der Waals surface area contributed by atoms with Gasteiger partial charge in [-0.15, -0.1) is 0 Å². The molecule has 4 rings (SSSR count). The van der Waals surface area contributed by atoms with Crippen molar-refractivity contribution in [2.75, 3.05) is 24.2 Å². The van der Waals surface area contributed by atoms with Gasteiger partial charge in [0.05, 0.1) is 17.5 Å². The number of sulfonamides is 1. The number of rotatable bonds is 7. The first kappa shape index (κ1) is 24.5. The summed E-state index contributed by atoms with van der Waals surface area (Å²) in [5.41, 5.74) is 3.10. The summed E-state index contributed by atoms with van der Waals surface area (Å²) in [4.78, 5) is 13.0. The fourth-order valence-corrected chi connectivity index (χ4v) is 5.16. The zero-order valence-corrected chi connectivity index (χ0v) is 20.8. The molecule has 8 heteroatoms. The normalized spacial score (nSPS) is 11.7. The highest BCUT2D eigenvalue weighted by molar-refractivity contribution is 7.92. The second-order valence-corrected chi connectivity index (χ2v) is 10.7. The number of amides is 1. The lowest BCUT2D eigenvalue weighted by Crippen LogP contribution is -2.33. The van der Waals surface area contributed by atoms with Crippen LogP contribution in [-0.4, -0.2) is 34.2 Å². The standard InChI is InChI=1S/C27H27FN2O4S/c1-17(2)16-30(35(4,32)33)23-15-24-22(14-21(23)18-8-6-5-7-9-18)25(27(31)29-3)26(34-24)19-10-12-20(28)13-11-19/h5-15,17H,16H2,1-4H3,(H,29,31). The number of fused-ring (bicyclic) bond motifs is 1. The summed E-state index contributed by atoms with van der Waals surface area (Å²) >= 11 is 0. The maximum absolute atomic E-state index is 13.6. The highest BCUT2D eigenvalue weighted by Gasteiger charge is 2.27. The molecule has 0 radical (unpaired) electrons. The van der Waals surface area contributed by atoms with Crippen molar-refractivity contribution in [1.29, 1.82) is 0 Å². The van der Waals surface area contributed by atoms with Crippen LogP contribution in [0.1, 0.15) is 24.2 Å². The van der Waals surface area contributed by atoms with Gasteiger partial charge < -0.3 is 9.73 Å². The van der Waals surface area contributed by atoms with Crippen molar-refractivity contribution in [2.45, 2.75) is 13.8 Å². The van der Waals surface area contributed by atoms with Gasteiger partial charge in [0, 0.05) is 36.2 Å². The van der Waals surface area contributed by atoms with E-state index in [1.165, 1.54) is 29.7 Å². The van der Waals surface area contributed by atoms with Crippen LogP contribution in [0.5, 0.6) is 0 Å². The summed E-state index contributed by atoms with van der Waals surface area (Å²) in [5, 5.41) is 3.18. The van der Waals surface area contributed by atoms with Gasteiger partial charge in [0.1, 0.15) is 17.2 Å². The van der Waals surface area contributed by atoms with Crippen LogP contribution in [0.15, 0.2) is 71.1 Å². The minimum absolute atomic E-state index is 0.0665. The Labute approximate surface area is 204 Å². The fraction of sp³-hybridized carbons (Fsp3) is 0.222. The van der Waals surface area contributed by atoms with Gasteiger partial charge in [0.15, 0.2) is 0 Å². The Balaban J connectivity index is 2.08. The van der Waals surface area contributed by atoms with Crippen molar-refractivity contribution >= 4 is 32.6 Å². The minimum atomic E-state index is -3.62. The minimum Gasteiger partial charge on any atom is -0.455 e. The van der Waals surface area contributed by atoms with Gasteiger partial charge in [-0.05, 0) is 41.8 Å². The third kappa shape index (κ3) is 4.93. The smallest absolute Gasteiger partial charge is 0.255 e. The molecule has 6 nitrogen and oxygen atoms in total. The Bertz CT molecular complexity index is 1480. The van der Waals surface area contributed by atoms with E-state index >= 15 is 0 Å². The van der Waals surface area contributed by atoms with Gasteiger partial charge in [0.25, 0.3) is 5.91 Å². The van der Waals surface area contributed by atoms with Crippen LogP contribution in [0.2, 0.25) is 0 Å². The van der Waals surface area contributed by atoms with E-state index in [0.29, 0.717) is 33.3 Å². The zero-order chi connectivity index (χ0) is 25.3. The molecule has 0 fully saturated rings. The highest BCUT2D eigenvalue weighted by atomic mass is 32.2. The van der Waals surface area contributed by atoms with Crippen LogP contribution in [0.4, 0.5) is 10.1 Å². The molecular formula is C27H27FN2O4S. The summed E-state index contributed by atoms with van der Waals surface area (Å²) in [6.07, 6.45) is 1.18. The van der Waals surface area contributed by atoms with E-state index in [4.69, 9.17) is 4.42 Å². The van der Waals surface area contributed by atoms with Crippen LogP contribution < -0.4 is 9.62 Å². The van der Waals surface area contributed by atoms with E-state index in [0.717, 1.165) is 5.56 Å². The average molecular weight is 495 g/mol. The van der Waals surface area contributed by atoms with Gasteiger partial charge in [-0.2, -0.15) is 0 Å². The number of anilines is 1. The molecule has 0 aliphatic heterocycles. The first-order valence-corrected chi connectivity index (χ1v) is 13.1. The first-order chi connectivity index (χ1) is 16.6. The van der Waals surface area contributed by atoms with Gasteiger partial charge in [0.2, 0.25) is 10.0 Å². The summed E-state index contributed by atoms with van der Waals surface area (Å²) in [5.74, 6) is -0.420. The summed E-state index contributed by atoms with van der Waals surface area (Å²) in [7, 11) is -2.10. The lowest BCUT2D eigenvalue weighted by Gasteiger charge is -2.26. The molecule has 4 aromatic rings. The summed E-state index contributed by atoms with van der Waals surface area (Å²) < 4.78 is 46.8. The Morgan fingerprint density at radius 3 is 2.26 bits per heavy atom. The molecule has 0 saturated carbocycles. The maximum atomic E-state index is 13.6. The number of nitrogens with zero attached hydrogens (tertiary/aromatic N) is 1. The molecule has 0 atom stereocenters. The van der Waals surface area contributed by atoms with Crippen LogP contribution >= 0.6 is 0 Å². The maximum Gasteiger partial charge on any atom is 0.255 e. The molecule has 0 unspecified atom stereocenters. The highest BCUT2D eigenvalue weighted by Crippen LogP contribution is 2.41. The van der Waals surface area contributed by atoms with Crippen molar-refractivity contribution in [3.05, 3.63) is 78.1 Å². The average Bonchev–Trinajstić information content (AvgIpc) is 3.20. The topological polar surface area (TPSA) is 79.6 Å². The van der Waals surface area contributed by atoms with Crippen molar-refractivity contribution in [3.63, 3.8) is 0 Å². The SMILES string of the molecule is CNC(=O)c1c(-c2ccc(F)cc2)oc2cc(N(CC(C)C)S(C)(=O)=O)c(-c3ccccc3)cc12. The van der Waals surface area contributed by atoms with Gasteiger partial charge in [-0.3, -0.25) is 9.10 Å². The number of nitrogens with one attached hydrogen (secondary N) is 1. The molecular weight excluding hydrogens is 467 g/mol. The molecule has 0 aliphatic carbocycles. The summed E-state index contributed by atoms with van der Waals surface area (Å²) in [6.45, 7) is 4.17. The molecule has 3 aromatic carbocycles. The van der Waals surface area contributed by atoms with Crippen molar-refractivity contribution in [1.82, 2.24) is 5.32 Å². The lowest BCUT2D eigenvalue weighted by atomic mass is 9.98. The molecule has 1 amide bonds. The Morgan fingerprint density at radius 1 is 1.03 bits per heavy atom. The largest absolute Gasteiger partial charge is 0.455 e. The Morgan fingerprint density at radius 2 is 1.69 bits per heavy atom. The number of hydrogen-bond donors (Lipinski definition) is 1. The van der Waals surface area contributed by atoms with Crippen molar-refractivity contribution < 1.29 is 22.0 Å². The Hall–Kier alpha value is -3.65. The van der Waals surface area contributed by atoms with E-state index < -0.39 is 15.8 Å². The molecule has 0 bridgehead atoms. The number of hydrogen-bond acceptors (Lipinski definition) is 4. The van der Waals surface area contributed by atoms with Crippen LogP contribution in [-0.2, 0) is 10.0 Å². The van der Waals surface area contributed by atoms with Crippen molar-refractivity contribution in [3.8, 4) is 22.5 Å². The third-order valence-corrected chi connectivity index (χ3v) is 6.80. The zero-order valence-electron chi connectivity index (χ0n) is 20.0. The second kappa shape index (κ2) is 9.54. The van der Waals surface area contributed by atoms with E-state index in [1.807, 2.05) is 44.2 Å². The first-order valence-electron chi connectivity index (χ1n) is 11.2. The van der Waals surface area contributed by atoms with E-state index in [1.54, 1.807) is 24.3 Å². The van der Waals surface area contributed by atoms with E-state index in [2.05, 4.69) is 5.32 Å². The number of benzene rings is 3. The summed E-state index contributed by atoms with van der Waals surface area (Å²) in [6, 6.07) is 18.5. The van der Waals surface area contributed by atoms with Gasteiger partial charge >= 0.3 is 0 Å². The molecule has 1 aromatic heterocycles. The Kier molecular flexibility index (Phi) is 6.67. The molecule has 182 valence electrons.